The fourth-order valence-corrected chi connectivity index (χ4v) is 3.27. The van der Waals surface area contributed by atoms with Crippen molar-refractivity contribution in [3.8, 4) is 0 Å². The molecule has 3 aromatic heterocycles. The summed E-state index contributed by atoms with van der Waals surface area (Å²) in [4.78, 5) is 19.1. The molecule has 1 amide bonds. The molecule has 9 nitrogen and oxygen atoms in total. The van der Waals surface area contributed by atoms with E-state index in [-0.39, 0.29) is 12.5 Å². The van der Waals surface area contributed by atoms with Crippen LogP contribution in [0.3, 0.4) is 0 Å². The largest absolute Gasteiger partial charge is 0.393 e. The maximum absolute atomic E-state index is 13.1. The molecule has 1 aliphatic rings. The van der Waals surface area contributed by atoms with Crippen molar-refractivity contribution in [1.82, 2.24) is 24.8 Å². The number of hydrogen-bond acceptors (Lipinski definition) is 7. The van der Waals surface area contributed by atoms with E-state index in [0.717, 1.165) is 5.69 Å². The molecule has 0 aromatic carbocycles. The van der Waals surface area contributed by atoms with E-state index in [9.17, 15) is 9.90 Å². The van der Waals surface area contributed by atoms with Crippen LogP contribution < -0.4 is 0 Å². The number of nitrogens with zero attached hydrogens (tertiary/aromatic N) is 5. The average molecular weight is 357 g/mol. The third-order valence-electron chi connectivity index (χ3n) is 4.59. The van der Waals surface area contributed by atoms with Gasteiger partial charge in [-0.2, -0.15) is 5.10 Å². The molecular weight excluding hydrogens is 338 g/mol. The summed E-state index contributed by atoms with van der Waals surface area (Å²) in [5.74, 6) is -0.122. The minimum absolute atomic E-state index is 0.122. The van der Waals surface area contributed by atoms with Crippen molar-refractivity contribution in [3.63, 3.8) is 0 Å². The monoisotopic (exact) mass is 357 g/mol. The highest BCUT2D eigenvalue weighted by molar-refractivity contribution is 6.06. The molecule has 4 rings (SSSR count). The predicted molar refractivity (Wildman–Crippen MR) is 90.3 cm³/mol. The van der Waals surface area contributed by atoms with E-state index < -0.39 is 6.10 Å². The van der Waals surface area contributed by atoms with Crippen molar-refractivity contribution in [2.24, 2.45) is 0 Å². The van der Waals surface area contributed by atoms with Gasteiger partial charge in [-0.05, 0) is 26.0 Å². The van der Waals surface area contributed by atoms with Crippen molar-refractivity contribution < 1.29 is 19.5 Å². The molecule has 0 saturated carbocycles. The molecule has 0 spiro atoms. The Morgan fingerprint density at radius 1 is 1.35 bits per heavy atom. The number of carbonyl (C=O) groups is 1. The van der Waals surface area contributed by atoms with E-state index in [1.165, 1.54) is 0 Å². The molecule has 0 saturated heterocycles. The van der Waals surface area contributed by atoms with Gasteiger partial charge in [-0.1, -0.05) is 5.16 Å². The van der Waals surface area contributed by atoms with Crippen molar-refractivity contribution >= 4 is 17.0 Å². The zero-order valence-corrected chi connectivity index (χ0v) is 14.5. The third kappa shape index (κ3) is 2.65. The molecule has 0 bridgehead atoms. The van der Waals surface area contributed by atoms with Gasteiger partial charge in [-0.15, -0.1) is 0 Å². The van der Waals surface area contributed by atoms with Crippen LogP contribution >= 0.6 is 0 Å². The Hall–Kier alpha value is -2.78. The number of aromatic nitrogens is 4. The SMILES string of the molecule is Cc1cc(C(=O)N2CCn3nc([C@H](O)CO)cc3C2)c2c(C)noc2n1. The van der Waals surface area contributed by atoms with Crippen LogP contribution in [0.15, 0.2) is 16.7 Å². The number of aliphatic hydroxyl groups is 2. The maximum atomic E-state index is 13.1. The molecule has 136 valence electrons. The molecule has 0 unspecified atom stereocenters. The van der Waals surface area contributed by atoms with E-state index >= 15 is 0 Å². The topological polar surface area (TPSA) is 118 Å². The molecule has 4 heterocycles. The first-order valence-corrected chi connectivity index (χ1v) is 8.36. The lowest BCUT2D eigenvalue weighted by atomic mass is 10.1. The first kappa shape index (κ1) is 16.7. The zero-order valence-electron chi connectivity index (χ0n) is 14.5. The number of carbonyl (C=O) groups excluding carboxylic acids is 1. The van der Waals surface area contributed by atoms with Crippen molar-refractivity contribution in [3.05, 3.63) is 40.5 Å². The Morgan fingerprint density at radius 3 is 2.92 bits per heavy atom. The summed E-state index contributed by atoms with van der Waals surface area (Å²) in [6.45, 7) is 4.59. The van der Waals surface area contributed by atoms with Crippen LogP contribution in [0.4, 0.5) is 0 Å². The van der Waals surface area contributed by atoms with Crippen molar-refractivity contribution in [2.45, 2.75) is 33.0 Å². The van der Waals surface area contributed by atoms with Gasteiger partial charge in [-0.25, -0.2) is 4.98 Å². The number of aryl methyl sites for hydroxylation is 2. The van der Waals surface area contributed by atoms with Gasteiger partial charge in [0.05, 0.1) is 47.7 Å². The quantitative estimate of drug-likeness (QED) is 0.709. The Balaban J connectivity index is 1.66. The predicted octanol–water partition coefficient (Wildman–Crippen LogP) is 0.718. The molecule has 2 N–H and O–H groups in total. The first-order chi connectivity index (χ1) is 12.5. The lowest BCUT2D eigenvalue weighted by Crippen LogP contribution is -2.38. The summed E-state index contributed by atoms with van der Waals surface area (Å²) in [6.07, 6.45) is -1.01. The smallest absolute Gasteiger partial charge is 0.258 e. The second kappa shape index (κ2) is 6.19. The van der Waals surface area contributed by atoms with Gasteiger partial charge in [0.15, 0.2) is 0 Å². The summed E-state index contributed by atoms with van der Waals surface area (Å²) in [5.41, 5.74) is 3.43. The summed E-state index contributed by atoms with van der Waals surface area (Å²) < 4.78 is 6.97. The standard InChI is InChI=1S/C17H19N5O4/c1-9-5-12(15-10(2)20-26-16(15)18-9)17(25)21-3-4-22-11(7-21)6-13(19-22)14(24)8-23/h5-6,14,23-24H,3-4,7-8H2,1-2H3/t14-/m1/s1. The van der Waals surface area contributed by atoms with Crippen LogP contribution in [0.2, 0.25) is 0 Å². The third-order valence-corrected chi connectivity index (χ3v) is 4.59. The Labute approximate surface area is 148 Å². The zero-order chi connectivity index (χ0) is 18.4. The normalized spacial score (nSPS) is 15.3. The Morgan fingerprint density at radius 2 is 2.15 bits per heavy atom. The van der Waals surface area contributed by atoms with Gasteiger partial charge in [0.2, 0.25) is 0 Å². The Kier molecular flexibility index (Phi) is 3.97. The van der Waals surface area contributed by atoms with E-state index in [4.69, 9.17) is 9.63 Å². The molecule has 0 aliphatic carbocycles. The van der Waals surface area contributed by atoms with Gasteiger partial charge >= 0.3 is 0 Å². The van der Waals surface area contributed by atoms with Gasteiger partial charge in [-0.3, -0.25) is 9.48 Å². The molecule has 26 heavy (non-hydrogen) atoms. The number of amides is 1. The van der Waals surface area contributed by atoms with E-state index in [2.05, 4.69) is 15.2 Å². The van der Waals surface area contributed by atoms with Crippen LogP contribution in [-0.4, -0.2) is 54.1 Å². The van der Waals surface area contributed by atoms with Gasteiger partial charge < -0.3 is 19.6 Å². The maximum Gasteiger partial charge on any atom is 0.258 e. The summed E-state index contributed by atoms with van der Waals surface area (Å²) in [5, 5.41) is 27.7. The van der Waals surface area contributed by atoms with Crippen molar-refractivity contribution in [1.29, 1.82) is 0 Å². The van der Waals surface area contributed by atoms with E-state index in [1.807, 2.05) is 6.92 Å². The van der Waals surface area contributed by atoms with Crippen LogP contribution in [0.25, 0.3) is 11.1 Å². The average Bonchev–Trinajstić information content (AvgIpc) is 3.22. The van der Waals surface area contributed by atoms with Crippen LogP contribution in [0.1, 0.15) is 39.2 Å². The lowest BCUT2D eigenvalue weighted by molar-refractivity contribution is 0.0706. The minimum Gasteiger partial charge on any atom is -0.393 e. The second-order valence-electron chi connectivity index (χ2n) is 6.47. The molecule has 9 heteroatoms. The van der Waals surface area contributed by atoms with Crippen molar-refractivity contribution in [2.75, 3.05) is 13.2 Å². The summed E-state index contributed by atoms with van der Waals surface area (Å²) in [6, 6.07) is 3.47. The van der Waals surface area contributed by atoms with E-state index in [0.29, 0.717) is 53.4 Å². The number of pyridine rings is 1. The molecule has 0 fully saturated rings. The lowest BCUT2D eigenvalue weighted by Gasteiger charge is -2.28. The highest BCUT2D eigenvalue weighted by Crippen LogP contribution is 2.25. The number of fused-ring (bicyclic) bond motifs is 2. The molecule has 1 atom stereocenters. The summed E-state index contributed by atoms with van der Waals surface area (Å²) >= 11 is 0. The Bertz CT molecular complexity index is 993. The number of rotatable bonds is 3. The highest BCUT2D eigenvalue weighted by Gasteiger charge is 2.27. The van der Waals surface area contributed by atoms with Crippen LogP contribution in [-0.2, 0) is 13.1 Å². The van der Waals surface area contributed by atoms with Gasteiger partial charge in [0.1, 0.15) is 6.10 Å². The minimum atomic E-state index is -1.01. The van der Waals surface area contributed by atoms with E-state index in [1.54, 1.807) is 28.6 Å². The number of hydrogen-bond donors (Lipinski definition) is 2. The summed E-state index contributed by atoms with van der Waals surface area (Å²) in [7, 11) is 0. The molecule has 0 radical (unpaired) electrons. The molecule has 3 aromatic rings. The fourth-order valence-electron chi connectivity index (χ4n) is 3.27. The molecular formula is C17H19N5O4. The van der Waals surface area contributed by atoms with Crippen LogP contribution in [0, 0.1) is 13.8 Å². The first-order valence-electron chi connectivity index (χ1n) is 8.36. The second-order valence-corrected chi connectivity index (χ2v) is 6.47. The van der Waals surface area contributed by atoms with Crippen LogP contribution in [0.5, 0.6) is 0 Å². The van der Waals surface area contributed by atoms with Gasteiger partial charge in [0, 0.05) is 12.2 Å². The van der Waals surface area contributed by atoms with Gasteiger partial charge in [0.25, 0.3) is 11.6 Å². The fraction of sp³-hybridized carbons (Fsp3) is 0.412. The highest BCUT2D eigenvalue weighted by atomic mass is 16.5. The number of aliphatic hydroxyl groups excluding tert-OH is 2. The molecule has 1 aliphatic heterocycles.